The van der Waals surface area contributed by atoms with Crippen molar-refractivity contribution in [1.82, 2.24) is 10.2 Å². The molecule has 0 aliphatic heterocycles. The molecule has 98 valence electrons. The van der Waals surface area contributed by atoms with E-state index in [4.69, 9.17) is 0 Å². The van der Waals surface area contributed by atoms with Crippen LogP contribution in [0.3, 0.4) is 0 Å². The molecule has 4 heteroatoms. The molecule has 1 N–H and O–H groups in total. The van der Waals surface area contributed by atoms with Crippen LogP contribution in [0.25, 0.3) is 0 Å². The first kappa shape index (κ1) is 14.2. The maximum Gasteiger partial charge on any atom is 0.224 e. The van der Waals surface area contributed by atoms with Gasteiger partial charge in [0.05, 0.1) is 6.42 Å². The summed E-state index contributed by atoms with van der Waals surface area (Å²) >= 11 is 0. The average molecular weight is 248 g/mol. The Hall–Kier alpha value is -1.84. The van der Waals surface area contributed by atoms with E-state index in [0.29, 0.717) is 25.9 Å². The van der Waals surface area contributed by atoms with Crippen LogP contribution < -0.4 is 5.32 Å². The van der Waals surface area contributed by atoms with E-state index in [2.05, 4.69) is 5.32 Å². The molecule has 0 aromatic heterocycles. The van der Waals surface area contributed by atoms with Gasteiger partial charge in [-0.1, -0.05) is 30.3 Å². The molecule has 18 heavy (non-hydrogen) atoms. The van der Waals surface area contributed by atoms with Crippen molar-refractivity contribution < 1.29 is 9.59 Å². The average Bonchev–Trinajstić information content (AvgIpc) is 2.38. The second-order valence-corrected chi connectivity index (χ2v) is 4.17. The van der Waals surface area contributed by atoms with Crippen molar-refractivity contribution in [3.63, 3.8) is 0 Å². The Balaban J connectivity index is 2.24. The summed E-state index contributed by atoms with van der Waals surface area (Å²) in [7, 11) is 1.76. The Morgan fingerprint density at radius 2 is 1.89 bits per heavy atom. The third-order valence-corrected chi connectivity index (χ3v) is 2.77. The summed E-state index contributed by atoms with van der Waals surface area (Å²) in [6.45, 7) is 3.01. The smallest absolute Gasteiger partial charge is 0.224 e. The van der Waals surface area contributed by atoms with Crippen LogP contribution >= 0.6 is 0 Å². The predicted molar refractivity (Wildman–Crippen MR) is 71.1 cm³/mol. The van der Waals surface area contributed by atoms with Gasteiger partial charge in [0, 0.05) is 26.6 Å². The quantitative estimate of drug-likeness (QED) is 0.822. The molecule has 0 bridgehead atoms. The maximum absolute atomic E-state index is 11.6. The molecule has 1 aromatic rings. The van der Waals surface area contributed by atoms with Gasteiger partial charge in [0.25, 0.3) is 0 Å². The van der Waals surface area contributed by atoms with Gasteiger partial charge in [-0.15, -0.1) is 0 Å². The molecule has 0 unspecified atom stereocenters. The molecular weight excluding hydrogens is 228 g/mol. The van der Waals surface area contributed by atoms with Crippen LogP contribution in [0.1, 0.15) is 18.9 Å². The first-order valence-electron chi connectivity index (χ1n) is 6.18. The fraction of sp³-hybridized carbons (Fsp3) is 0.429. The largest absolute Gasteiger partial charge is 0.355 e. The van der Waals surface area contributed by atoms with Crippen molar-refractivity contribution in [2.75, 3.05) is 20.1 Å². The standard InChI is InChI=1S/C14H20N2O2/c1-3-16(2)14(18)9-10-15-13(17)11-12-7-5-4-6-8-12/h4-8H,3,9-11H2,1-2H3,(H,15,17). The highest BCUT2D eigenvalue weighted by Crippen LogP contribution is 1.99. The van der Waals surface area contributed by atoms with E-state index in [1.165, 1.54) is 0 Å². The molecule has 0 saturated heterocycles. The van der Waals surface area contributed by atoms with Crippen LogP contribution in [0.5, 0.6) is 0 Å². The number of carbonyl (C=O) groups excluding carboxylic acids is 2. The minimum Gasteiger partial charge on any atom is -0.355 e. The normalized spacial score (nSPS) is 9.89. The summed E-state index contributed by atoms with van der Waals surface area (Å²) in [5, 5.41) is 2.75. The zero-order valence-electron chi connectivity index (χ0n) is 11.0. The molecule has 0 aliphatic rings. The highest BCUT2D eigenvalue weighted by atomic mass is 16.2. The fourth-order valence-electron chi connectivity index (χ4n) is 1.52. The van der Waals surface area contributed by atoms with Gasteiger partial charge in [0.1, 0.15) is 0 Å². The molecular formula is C14H20N2O2. The first-order valence-corrected chi connectivity index (χ1v) is 6.18. The van der Waals surface area contributed by atoms with E-state index in [1.54, 1.807) is 11.9 Å². The van der Waals surface area contributed by atoms with Crippen molar-refractivity contribution in [2.45, 2.75) is 19.8 Å². The zero-order valence-corrected chi connectivity index (χ0v) is 11.0. The molecule has 0 radical (unpaired) electrons. The zero-order chi connectivity index (χ0) is 13.4. The lowest BCUT2D eigenvalue weighted by atomic mass is 10.1. The molecule has 0 fully saturated rings. The Labute approximate surface area is 108 Å². The van der Waals surface area contributed by atoms with E-state index in [-0.39, 0.29) is 11.8 Å². The van der Waals surface area contributed by atoms with E-state index in [9.17, 15) is 9.59 Å². The lowest BCUT2D eigenvalue weighted by Crippen LogP contribution is -2.32. The van der Waals surface area contributed by atoms with Gasteiger partial charge in [-0.05, 0) is 12.5 Å². The molecule has 0 aliphatic carbocycles. The van der Waals surface area contributed by atoms with E-state index < -0.39 is 0 Å². The Morgan fingerprint density at radius 3 is 2.50 bits per heavy atom. The van der Waals surface area contributed by atoms with Gasteiger partial charge in [0.15, 0.2) is 0 Å². The van der Waals surface area contributed by atoms with Gasteiger partial charge in [-0.3, -0.25) is 9.59 Å². The predicted octanol–water partition coefficient (Wildman–Crippen LogP) is 1.21. The minimum atomic E-state index is -0.0480. The second kappa shape index (κ2) is 7.48. The van der Waals surface area contributed by atoms with Crippen LogP contribution in [0.2, 0.25) is 0 Å². The summed E-state index contributed by atoms with van der Waals surface area (Å²) < 4.78 is 0. The Bertz CT molecular complexity index is 390. The molecule has 0 saturated carbocycles. The molecule has 2 amide bonds. The van der Waals surface area contributed by atoms with E-state index in [1.807, 2.05) is 37.3 Å². The molecule has 0 heterocycles. The van der Waals surface area contributed by atoms with Crippen molar-refractivity contribution in [1.29, 1.82) is 0 Å². The lowest BCUT2D eigenvalue weighted by Gasteiger charge is -2.14. The SMILES string of the molecule is CCN(C)C(=O)CCNC(=O)Cc1ccccc1. The third kappa shape index (κ3) is 4.99. The monoisotopic (exact) mass is 248 g/mol. The van der Waals surface area contributed by atoms with Crippen LogP contribution in [0, 0.1) is 0 Å². The van der Waals surface area contributed by atoms with Crippen molar-refractivity contribution >= 4 is 11.8 Å². The summed E-state index contributed by atoms with van der Waals surface area (Å²) in [5.74, 6) is 0.00524. The third-order valence-electron chi connectivity index (χ3n) is 2.77. The summed E-state index contributed by atoms with van der Waals surface area (Å²) in [4.78, 5) is 24.7. The summed E-state index contributed by atoms with van der Waals surface area (Å²) in [6.07, 6.45) is 0.712. The topological polar surface area (TPSA) is 49.4 Å². The number of hydrogen-bond donors (Lipinski definition) is 1. The number of nitrogens with zero attached hydrogens (tertiary/aromatic N) is 1. The van der Waals surface area contributed by atoms with Crippen LogP contribution in [0.4, 0.5) is 0 Å². The van der Waals surface area contributed by atoms with Crippen LogP contribution in [-0.4, -0.2) is 36.9 Å². The maximum atomic E-state index is 11.6. The molecule has 1 rings (SSSR count). The molecule has 0 atom stereocenters. The van der Waals surface area contributed by atoms with Gasteiger partial charge in [-0.25, -0.2) is 0 Å². The number of carbonyl (C=O) groups is 2. The number of hydrogen-bond acceptors (Lipinski definition) is 2. The second-order valence-electron chi connectivity index (χ2n) is 4.17. The van der Waals surface area contributed by atoms with Crippen LogP contribution in [-0.2, 0) is 16.0 Å². The minimum absolute atomic E-state index is 0.0480. The first-order chi connectivity index (χ1) is 8.63. The summed E-state index contributed by atoms with van der Waals surface area (Å²) in [5.41, 5.74) is 0.979. The lowest BCUT2D eigenvalue weighted by molar-refractivity contribution is -0.129. The molecule has 0 spiro atoms. The van der Waals surface area contributed by atoms with Gasteiger partial charge >= 0.3 is 0 Å². The van der Waals surface area contributed by atoms with Gasteiger partial charge < -0.3 is 10.2 Å². The highest BCUT2D eigenvalue weighted by molar-refractivity contribution is 5.80. The molecule has 1 aromatic carbocycles. The Kier molecular flexibility index (Phi) is 5.91. The van der Waals surface area contributed by atoms with Crippen LogP contribution in [0.15, 0.2) is 30.3 Å². The molecule has 4 nitrogen and oxygen atoms in total. The Morgan fingerprint density at radius 1 is 1.22 bits per heavy atom. The number of nitrogens with one attached hydrogen (secondary N) is 1. The number of benzene rings is 1. The number of amides is 2. The van der Waals surface area contributed by atoms with Crippen molar-refractivity contribution in [3.05, 3.63) is 35.9 Å². The van der Waals surface area contributed by atoms with E-state index >= 15 is 0 Å². The summed E-state index contributed by atoms with van der Waals surface area (Å²) in [6, 6.07) is 9.55. The van der Waals surface area contributed by atoms with Gasteiger partial charge in [0.2, 0.25) is 11.8 Å². The number of rotatable bonds is 6. The van der Waals surface area contributed by atoms with Crippen molar-refractivity contribution in [2.24, 2.45) is 0 Å². The highest BCUT2D eigenvalue weighted by Gasteiger charge is 2.07. The van der Waals surface area contributed by atoms with E-state index in [0.717, 1.165) is 5.56 Å². The van der Waals surface area contributed by atoms with Gasteiger partial charge in [-0.2, -0.15) is 0 Å². The van der Waals surface area contributed by atoms with Crippen molar-refractivity contribution in [3.8, 4) is 0 Å². The fourth-order valence-corrected chi connectivity index (χ4v) is 1.52.